The van der Waals surface area contributed by atoms with Crippen LogP contribution in [0.1, 0.15) is 30.1 Å². The van der Waals surface area contributed by atoms with Crippen LogP contribution in [0.3, 0.4) is 0 Å². The predicted octanol–water partition coefficient (Wildman–Crippen LogP) is 4.86. The minimum Gasteiger partial charge on any atom is -0.496 e. The summed E-state index contributed by atoms with van der Waals surface area (Å²) in [5.74, 6) is 0.188. The molecule has 0 unspecified atom stereocenters. The molecule has 0 aliphatic rings. The summed E-state index contributed by atoms with van der Waals surface area (Å²) in [6.07, 6.45) is 0. The lowest BCUT2D eigenvalue weighted by atomic mass is 10.0. The summed E-state index contributed by atoms with van der Waals surface area (Å²) in [5, 5.41) is 6.24. The Labute approximate surface area is 164 Å². The molecule has 0 aliphatic carbocycles. The normalized spacial score (nSPS) is 12.8. The molecule has 0 spiro atoms. The van der Waals surface area contributed by atoms with Crippen molar-refractivity contribution in [1.82, 2.24) is 5.32 Å². The number of hydrogen-bond acceptors (Lipinski definition) is 3. The lowest BCUT2D eigenvalue weighted by molar-refractivity contribution is -0.118. The van der Waals surface area contributed by atoms with Gasteiger partial charge in [-0.1, -0.05) is 48.5 Å². The maximum atomic E-state index is 13.1. The van der Waals surface area contributed by atoms with E-state index in [1.807, 2.05) is 61.5 Å². The molecule has 0 aromatic heterocycles. The Morgan fingerprint density at radius 1 is 0.929 bits per heavy atom. The lowest BCUT2D eigenvalue weighted by Crippen LogP contribution is -2.34. The Hall–Kier alpha value is -3.18. The van der Waals surface area contributed by atoms with Gasteiger partial charge in [0.1, 0.15) is 17.6 Å². The third kappa shape index (κ3) is 4.75. The van der Waals surface area contributed by atoms with Crippen molar-refractivity contribution >= 4 is 11.6 Å². The molecule has 0 saturated carbocycles. The molecule has 3 rings (SSSR count). The third-order valence-corrected chi connectivity index (χ3v) is 4.53. The van der Waals surface area contributed by atoms with Crippen molar-refractivity contribution in [3.05, 3.63) is 95.8 Å². The van der Waals surface area contributed by atoms with Crippen LogP contribution in [0.15, 0.2) is 78.9 Å². The largest absolute Gasteiger partial charge is 0.496 e. The first kappa shape index (κ1) is 19.6. The average molecular weight is 378 g/mol. The second-order valence-corrected chi connectivity index (χ2v) is 6.47. The number of methoxy groups -OCH3 is 1. The van der Waals surface area contributed by atoms with Gasteiger partial charge in [-0.25, -0.2) is 4.39 Å². The van der Waals surface area contributed by atoms with Crippen molar-refractivity contribution in [2.75, 3.05) is 12.4 Å². The van der Waals surface area contributed by atoms with Crippen molar-refractivity contribution in [3.63, 3.8) is 0 Å². The standard InChI is InChI=1S/C23H23FN2O2/c1-16(20-10-6-7-11-21(20)28-2)25-22(17-8-4-3-5-9-17)23(27)26-19-14-12-18(24)13-15-19/h3-16,22,25H,1-2H3,(H,26,27)/t16-,22+/m1/s1. The highest BCUT2D eigenvalue weighted by Gasteiger charge is 2.24. The fourth-order valence-electron chi connectivity index (χ4n) is 3.08. The zero-order valence-corrected chi connectivity index (χ0v) is 15.9. The van der Waals surface area contributed by atoms with E-state index < -0.39 is 6.04 Å². The Morgan fingerprint density at radius 2 is 1.57 bits per heavy atom. The highest BCUT2D eigenvalue weighted by atomic mass is 19.1. The zero-order chi connectivity index (χ0) is 19.9. The first-order valence-corrected chi connectivity index (χ1v) is 9.09. The molecule has 0 bridgehead atoms. The molecule has 0 aliphatic heterocycles. The highest BCUT2D eigenvalue weighted by Crippen LogP contribution is 2.27. The number of halogens is 1. The lowest BCUT2D eigenvalue weighted by Gasteiger charge is -2.24. The van der Waals surface area contributed by atoms with E-state index in [2.05, 4.69) is 10.6 Å². The van der Waals surface area contributed by atoms with Gasteiger partial charge in [0.2, 0.25) is 5.91 Å². The van der Waals surface area contributed by atoms with Crippen LogP contribution >= 0.6 is 0 Å². The van der Waals surface area contributed by atoms with E-state index in [9.17, 15) is 9.18 Å². The van der Waals surface area contributed by atoms with E-state index in [0.717, 1.165) is 16.9 Å². The summed E-state index contributed by atoms with van der Waals surface area (Å²) in [4.78, 5) is 13.0. The number of para-hydroxylation sites is 1. The van der Waals surface area contributed by atoms with Crippen LogP contribution in [0.2, 0.25) is 0 Å². The van der Waals surface area contributed by atoms with E-state index in [1.54, 1.807) is 19.2 Å². The molecular weight excluding hydrogens is 355 g/mol. The number of anilines is 1. The van der Waals surface area contributed by atoms with Gasteiger partial charge in [-0.2, -0.15) is 0 Å². The zero-order valence-electron chi connectivity index (χ0n) is 15.9. The summed E-state index contributed by atoms with van der Waals surface area (Å²) in [6.45, 7) is 1.99. The molecule has 0 heterocycles. The number of amides is 1. The summed E-state index contributed by atoms with van der Waals surface area (Å²) >= 11 is 0. The highest BCUT2D eigenvalue weighted by molar-refractivity contribution is 5.95. The molecule has 3 aromatic carbocycles. The summed E-state index contributed by atoms with van der Waals surface area (Å²) in [5.41, 5.74) is 2.34. The number of hydrogen-bond donors (Lipinski definition) is 2. The van der Waals surface area contributed by atoms with Crippen LogP contribution in [0, 0.1) is 5.82 Å². The molecule has 28 heavy (non-hydrogen) atoms. The minimum atomic E-state index is -0.592. The van der Waals surface area contributed by atoms with Gasteiger partial charge in [0.15, 0.2) is 0 Å². The van der Waals surface area contributed by atoms with Gasteiger partial charge in [0.25, 0.3) is 0 Å². The molecule has 144 valence electrons. The van der Waals surface area contributed by atoms with E-state index in [1.165, 1.54) is 12.1 Å². The Kier molecular flexibility index (Phi) is 6.40. The SMILES string of the molecule is COc1ccccc1[C@@H](C)N[C@H](C(=O)Nc1ccc(F)cc1)c1ccccc1. The van der Waals surface area contributed by atoms with Crippen molar-refractivity contribution in [1.29, 1.82) is 0 Å². The summed E-state index contributed by atoms with van der Waals surface area (Å²) in [6, 6.07) is 22.2. The Balaban J connectivity index is 1.85. The van der Waals surface area contributed by atoms with Crippen LogP contribution in [0.4, 0.5) is 10.1 Å². The third-order valence-electron chi connectivity index (χ3n) is 4.53. The molecule has 0 fully saturated rings. The Morgan fingerprint density at radius 3 is 2.25 bits per heavy atom. The molecule has 1 amide bonds. The van der Waals surface area contributed by atoms with Crippen molar-refractivity contribution < 1.29 is 13.9 Å². The number of carbonyl (C=O) groups is 1. The minimum absolute atomic E-state index is 0.139. The second-order valence-electron chi connectivity index (χ2n) is 6.47. The monoisotopic (exact) mass is 378 g/mol. The molecule has 3 aromatic rings. The molecule has 0 radical (unpaired) electrons. The molecule has 0 saturated heterocycles. The second kappa shape index (κ2) is 9.15. The van der Waals surface area contributed by atoms with Crippen LogP contribution < -0.4 is 15.4 Å². The smallest absolute Gasteiger partial charge is 0.246 e. The molecule has 2 N–H and O–H groups in total. The predicted molar refractivity (Wildman–Crippen MR) is 109 cm³/mol. The average Bonchev–Trinajstić information content (AvgIpc) is 2.74. The molecule has 4 nitrogen and oxygen atoms in total. The van der Waals surface area contributed by atoms with Crippen molar-refractivity contribution in [2.45, 2.75) is 19.0 Å². The van der Waals surface area contributed by atoms with E-state index in [4.69, 9.17) is 4.74 Å². The number of carbonyl (C=O) groups excluding carboxylic acids is 1. The quantitative estimate of drug-likeness (QED) is 0.617. The Bertz CT molecular complexity index is 913. The van der Waals surface area contributed by atoms with Gasteiger partial charge in [-0.15, -0.1) is 0 Å². The fraction of sp³-hybridized carbons (Fsp3) is 0.174. The van der Waals surface area contributed by atoms with Gasteiger partial charge in [-0.05, 0) is 42.8 Å². The maximum Gasteiger partial charge on any atom is 0.246 e. The fourth-order valence-corrected chi connectivity index (χ4v) is 3.08. The van der Waals surface area contributed by atoms with Crippen molar-refractivity contribution in [2.24, 2.45) is 0 Å². The summed E-state index contributed by atoms with van der Waals surface area (Å²) < 4.78 is 18.6. The van der Waals surface area contributed by atoms with Crippen LogP contribution in [0.25, 0.3) is 0 Å². The number of benzene rings is 3. The number of nitrogens with one attached hydrogen (secondary N) is 2. The first-order chi connectivity index (χ1) is 13.6. The maximum absolute atomic E-state index is 13.1. The van der Waals surface area contributed by atoms with E-state index >= 15 is 0 Å². The van der Waals surface area contributed by atoms with Gasteiger partial charge in [-0.3, -0.25) is 10.1 Å². The van der Waals surface area contributed by atoms with Crippen LogP contribution in [-0.2, 0) is 4.79 Å². The van der Waals surface area contributed by atoms with Gasteiger partial charge < -0.3 is 10.1 Å². The van der Waals surface area contributed by atoms with E-state index in [-0.39, 0.29) is 17.8 Å². The topological polar surface area (TPSA) is 50.4 Å². The summed E-state index contributed by atoms with van der Waals surface area (Å²) in [7, 11) is 1.63. The van der Waals surface area contributed by atoms with E-state index in [0.29, 0.717) is 5.69 Å². The number of rotatable bonds is 7. The van der Waals surface area contributed by atoms with Gasteiger partial charge in [0.05, 0.1) is 7.11 Å². The molecule has 5 heteroatoms. The first-order valence-electron chi connectivity index (χ1n) is 9.09. The molecule has 2 atom stereocenters. The van der Waals surface area contributed by atoms with Crippen molar-refractivity contribution in [3.8, 4) is 5.75 Å². The van der Waals surface area contributed by atoms with Gasteiger partial charge in [0, 0.05) is 17.3 Å². The van der Waals surface area contributed by atoms with Crippen LogP contribution in [-0.4, -0.2) is 13.0 Å². The van der Waals surface area contributed by atoms with Gasteiger partial charge >= 0.3 is 0 Å². The molecular formula is C23H23FN2O2. The van der Waals surface area contributed by atoms with Crippen LogP contribution in [0.5, 0.6) is 5.75 Å². The number of ether oxygens (including phenoxy) is 1.